The van der Waals surface area contributed by atoms with Crippen LogP contribution in [0.25, 0.3) is 0 Å². The monoisotopic (exact) mass is 340 g/mol. The minimum Gasteiger partial charge on any atom is -0.497 e. The van der Waals surface area contributed by atoms with Crippen LogP contribution in [0.2, 0.25) is 0 Å². The second-order valence-electron chi connectivity index (χ2n) is 6.49. The van der Waals surface area contributed by atoms with Gasteiger partial charge in [-0.15, -0.1) is 0 Å². The van der Waals surface area contributed by atoms with Gasteiger partial charge in [0.15, 0.2) is 0 Å². The molecule has 7 nitrogen and oxygen atoms in total. The van der Waals surface area contributed by atoms with Crippen molar-refractivity contribution in [3.05, 3.63) is 42.2 Å². The highest BCUT2D eigenvalue weighted by molar-refractivity contribution is 6.00. The fraction of sp³-hybridized carbons (Fsp3) is 0.389. The zero-order valence-electron chi connectivity index (χ0n) is 14.3. The van der Waals surface area contributed by atoms with Gasteiger partial charge in [-0.25, -0.2) is 0 Å². The van der Waals surface area contributed by atoms with Crippen LogP contribution >= 0.6 is 0 Å². The lowest BCUT2D eigenvalue weighted by molar-refractivity contribution is -0.117. The summed E-state index contributed by atoms with van der Waals surface area (Å²) in [6, 6.07) is 7.07. The number of hydrogen-bond acceptors (Lipinski definition) is 4. The summed E-state index contributed by atoms with van der Waals surface area (Å²) in [4.78, 5) is 29.1. The van der Waals surface area contributed by atoms with Crippen molar-refractivity contribution < 1.29 is 14.3 Å². The van der Waals surface area contributed by atoms with Crippen LogP contribution in [0.4, 0.5) is 5.69 Å². The van der Waals surface area contributed by atoms with Crippen molar-refractivity contribution in [2.75, 3.05) is 18.6 Å². The first-order chi connectivity index (χ1) is 12.1. The quantitative estimate of drug-likeness (QED) is 0.848. The minimum absolute atomic E-state index is 0.0197. The second-order valence-corrected chi connectivity index (χ2v) is 6.49. The minimum atomic E-state index is -0.0913. The number of carbonyl (C=O) groups is 2. The topological polar surface area (TPSA) is 67.7 Å². The molecule has 2 fully saturated rings. The van der Waals surface area contributed by atoms with E-state index in [0.717, 1.165) is 12.1 Å². The number of rotatable bonds is 3. The number of carbonyl (C=O) groups excluding carboxylic acids is 2. The molecule has 7 heteroatoms. The summed E-state index contributed by atoms with van der Waals surface area (Å²) in [5, 5.41) is 4.16. The van der Waals surface area contributed by atoms with Gasteiger partial charge in [0, 0.05) is 31.8 Å². The van der Waals surface area contributed by atoms with E-state index in [9.17, 15) is 9.59 Å². The number of hydrogen-bond donors (Lipinski definition) is 0. The highest BCUT2D eigenvalue weighted by atomic mass is 16.5. The molecule has 0 spiro atoms. The maximum absolute atomic E-state index is 12.9. The van der Waals surface area contributed by atoms with E-state index in [-0.39, 0.29) is 23.9 Å². The molecular formula is C18H20N4O3. The maximum atomic E-state index is 12.9. The summed E-state index contributed by atoms with van der Waals surface area (Å²) in [6.45, 7) is 0.648. The largest absolute Gasteiger partial charge is 0.497 e. The Morgan fingerprint density at radius 3 is 2.88 bits per heavy atom. The molecule has 1 aromatic carbocycles. The first-order valence-electron chi connectivity index (χ1n) is 8.34. The second kappa shape index (κ2) is 5.91. The number of likely N-dealkylation sites (tertiary alicyclic amines) is 1. The molecule has 0 saturated carbocycles. The highest BCUT2D eigenvalue weighted by Gasteiger charge is 2.49. The number of ether oxygens (including phenoxy) is 1. The number of amides is 2. The van der Waals surface area contributed by atoms with Crippen LogP contribution in [0.15, 0.2) is 36.7 Å². The molecule has 2 aliphatic rings. The molecule has 130 valence electrons. The van der Waals surface area contributed by atoms with Crippen LogP contribution in [0.3, 0.4) is 0 Å². The summed E-state index contributed by atoms with van der Waals surface area (Å²) in [7, 11) is 3.41. The third-order valence-corrected chi connectivity index (χ3v) is 5.04. The van der Waals surface area contributed by atoms with E-state index in [4.69, 9.17) is 4.74 Å². The van der Waals surface area contributed by atoms with Crippen molar-refractivity contribution in [1.29, 1.82) is 0 Å². The van der Waals surface area contributed by atoms with Gasteiger partial charge in [0.05, 0.1) is 31.1 Å². The van der Waals surface area contributed by atoms with Crippen LogP contribution in [0.1, 0.15) is 23.2 Å². The SMILES string of the molecule is COc1cccc(C(=O)N2CC[C@H]3[C@H]2CC(=O)N3c2cnn(C)c2)c1. The Balaban J connectivity index is 1.58. The average Bonchev–Trinajstić information content (AvgIpc) is 3.29. The molecule has 0 unspecified atom stereocenters. The summed E-state index contributed by atoms with van der Waals surface area (Å²) >= 11 is 0. The Morgan fingerprint density at radius 2 is 2.16 bits per heavy atom. The van der Waals surface area contributed by atoms with Gasteiger partial charge < -0.3 is 14.5 Å². The Bertz CT molecular complexity index is 831. The summed E-state index contributed by atoms with van der Waals surface area (Å²) < 4.78 is 6.89. The van der Waals surface area contributed by atoms with Gasteiger partial charge in [-0.1, -0.05) is 6.07 Å². The van der Waals surface area contributed by atoms with Crippen LogP contribution in [0.5, 0.6) is 5.75 Å². The third-order valence-electron chi connectivity index (χ3n) is 5.04. The third kappa shape index (κ3) is 2.56. The molecule has 2 atom stereocenters. The number of benzene rings is 1. The van der Waals surface area contributed by atoms with Crippen LogP contribution in [-0.4, -0.2) is 52.2 Å². The molecule has 0 N–H and O–H groups in total. The Hall–Kier alpha value is -2.83. The van der Waals surface area contributed by atoms with Crippen LogP contribution in [-0.2, 0) is 11.8 Å². The first kappa shape index (κ1) is 15.7. The smallest absolute Gasteiger partial charge is 0.254 e. The van der Waals surface area contributed by atoms with E-state index < -0.39 is 0 Å². The van der Waals surface area contributed by atoms with Gasteiger partial charge in [-0.2, -0.15) is 5.10 Å². The standard InChI is InChI=1S/C18H20N4O3/c1-20-11-13(10-19-20)22-15-6-7-21(16(15)9-17(22)23)18(24)12-4-3-5-14(8-12)25-2/h3-5,8,10-11,15-16H,6-7,9H2,1-2H3/t15-,16+/m0/s1. The summed E-state index contributed by atoms with van der Waals surface area (Å²) in [5.41, 5.74) is 1.39. The van der Waals surface area contributed by atoms with Crippen LogP contribution < -0.4 is 9.64 Å². The summed E-state index contributed by atoms with van der Waals surface area (Å²) in [5.74, 6) is 0.652. The Morgan fingerprint density at radius 1 is 1.32 bits per heavy atom. The average molecular weight is 340 g/mol. The Kier molecular flexibility index (Phi) is 3.71. The fourth-order valence-electron chi connectivity index (χ4n) is 3.89. The zero-order chi connectivity index (χ0) is 17.6. The van der Waals surface area contributed by atoms with Gasteiger partial charge in [-0.3, -0.25) is 14.3 Å². The molecule has 0 bridgehead atoms. The van der Waals surface area contributed by atoms with E-state index in [1.807, 2.05) is 24.2 Å². The van der Waals surface area contributed by atoms with Crippen LogP contribution in [0, 0.1) is 0 Å². The normalized spacial score (nSPS) is 22.4. The van der Waals surface area contributed by atoms with Crippen molar-refractivity contribution in [2.24, 2.45) is 7.05 Å². The van der Waals surface area contributed by atoms with Crippen molar-refractivity contribution >= 4 is 17.5 Å². The number of fused-ring (bicyclic) bond motifs is 1. The summed E-state index contributed by atoms with van der Waals surface area (Å²) in [6.07, 6.45) is 4.68. The zero-order valence-corrected chi connectivity index (χ0v) is 14.3. The van der Waals surface area contributed by atoms with Gasteiger partial charge in [0.1, 0.15) is 5.75 Å². The number of aromatic nitrogens is 2. The molecule has 0 aliphatic carbocycles. The van der Waals surface area contributed by atoms with E-state index in [2.05, 4.69) is 5.10 Å². The highest BCUT2D eigenvalue weighted by Crippen LogP contribution is 2.36. The van der Waals surface area contributed by atoms with E-state index >= 15 is 0 Å². The van der Waals surface area contributed by atoms with Gasteiger partial charge in [-0.05, 0) is 24.6 Å². The molecule has 4 rings (SSSR count). The number of nitrogens with zero attached hydrogens (tertiary/aromatic N) is 4. The number of anilines is 1. The predicted octanol–water partition coefficient (Wildman–Crippen LogP) is 1.45. The number of methoxy groups -OCH3 is 1. The molecular weight excluding hydrogens is 320 g/mol. The van der Waals surface area contributed by atoms with Gasteiger partial charge in [0.2, 0.25) is 5.91 Å². The fourth-order valence-corrected chi connectivity index (χ4v) is 3.89. The molecule has 1 aromatic heterocycles. The van der Waals surface area contributed by atoms with Crippen molar-refractivity contribution in [3.63, 3.8) is 0 Å². The molecule has 2 aliphatic heterocycles. The lowest BCUT2D eigenvalue weighted by atomic mass is 10.1. The van der Waals surface area contributed by atoms with Crippen molar-refractivity contribution in [1.82, 2.24) is 14.7 Å². The van der Waals surface area contributed by atoms with Crippen molar-refractivity contribution in [3.8, 4) is 5.75 Å². The van der Waals surface area contributed by atoms with E-state index in [0.29, 0.717) is 24.3 Å². The first-order valence-corrected chi connectivity index (χ1v) is 8.34. The molecule has 2 aromatic rings. The van der Waals surface area contributed by atoms with E-state index in [1.165, 1.54) is 0 Å². The number of aryl methyl sites for hydroxylation is 1. The maximum Gasteiger partial charge on any atom is 0.254 e. The molecule has 2 saturated heterocycles. The molecule has 25 heavy (non-hydrogen) atoms. The molecule has 2 amide bonds. The molecule has 3 heterocycles. The molecule has 0 radical (unpaired) electrons. The predicted molar refractivity (Wildman–Crippen MR) is 91.5 cm³/mol. The van der Waals surface area contributed by atoms with Crippen molar-refractivity contribution in [2.45, 2.75) is 24.9 Å². The van der Waals surface area contributed by atoms with Gasteiger partial charge in [0.25, 0.3) is 5.91 Å². The van der Waals surface area contributed by atoms with E-state index in [1.54, 1.807) is 41.1 Å². The Labute approximate surface area is 145 Å². The lowest BCUT2D eigenvalue weighted by Gasteiger charge is -2.24. The lowest BCUT2D eigenvalue weighted by Crippen LogP contribution is -2.39. The van der Waals surface area contributed by atoms with Gasteiger partial charge >= 0.3 is 0 Å².